The van der Waals surface area contributed by atoms with Gasteiger partial charge in [0, 0.05) is 4.90 Å². The minimum atomic E-state index is -0.840. The van der Waals surface area contributed by atoms with Gasteiger partial charge in [-0.25, -0.2) is 8.78 Å². The smallest absolute Gasteiger partial charge is 0.316 e. The molecular formula is C17H14F2N2O6S. The molecule has 0 aliphatic rings. The second-order valence-electron chi connectivity index (χ2n) is 5.21. The molecule has 0 radical (unpaired) electrons. The van der Waals surface area contributed by atoms with Gasteiger partial charge in [0.2, 0.25) is 0 Å². The van der Waals surface area contributed by atoms with Crippen LogP contribution in [0.2, 0.25) is 0 Å². The molecule has 2 aromatic rings. The highest BCUT2D eigenvalue weighted by molar-refractivity contribution is 8.00. The van der Waals surface area contributed by atoms with E-state index in [9.17, 15) is 28.5 Å². The Kier molecular flexibility index (Phi) is 7.27. The monoisotopic (exact) mass is 412 g/mol. The summed E-state index contributed by atoms with van der Waals surface area (Å²) >= 11 is 0.711. The van der Waals surface area contributed by atoms with E-state index in [1.165, 1.54) is 19.2 Å². The van der Waals surface area contributed by atoms with Crippen LogP contribution in [-0.2, 0) is 14.3 Å². The van der Waals surface area contributed by atoms with Gasteiger partial charge in [-0.3, -0.25) is 19.7 Å². The Balaban J connectivity index is 1.87. The second kappa shape index (κ2) is 9.65. The molecule has 0 aromatic heterocycles. The summed E-state index contributed by atoms with van der Waals surface area (Å²) in [5.41, 5.74) is -0.487. The Morgan fingerprint density at radius 2 is 1.96 bits per heavy atom. The van der Waals surface area contributed by atoms with Crippen molar-refractivity contribution in [3.05, 3.63) is 58.1 Å². The molecule has 1 amide bonds. The molecule has 0 saturated carbocycles. The number of thioether (sulfide) groups is 1. The number of nitro groups is 1. The van der Waals surface area contributed by atoms with Crippen LogP contribution in [0.1, 0.15) is 0 Å². The van der Waals surface area contributed by atoms with Crippen molar-refractivity contribution in [3.63, 3.8) is 0 Å². The topological polar surface area (TPSA) is 108 Å². The number of benzene rings is 2. The fraction of sp³-hybridized carbons (Fsp3) is 0.176. The SMILES string of the molecule is COc1ccc(NC(=O)COC(=O)CSc2cc(F)ccc2F)c([N+](=O)[O-])c1. The Bertz CT molecular complexity index is 909. The van der Waals surface area contributed by atoms with Crippen molar-refractivity contribution in [1.29, 1.82) is 0 Å². The Hall–Kier alpha value is -3.21. The van der Waals surface area contributed by atoms with Crippen LogP contribution >= 0.6 is 11.8 Å². The summed E-state index contributed by atoms with van der Waals surface area (Å²) in [5, 5.41) is 13.3. The molecule has 0 aliphatic carbocycles. The van der Waals surface area contributed by atoms with E-state index in [4.69, 9.17) is 9.47 Å². The van der Waals surface area contributed by atoms with Gasteiger partial charge in [0.05, 0.1) is 23.9 Å². The third kappa shape index (κ3) is 5.91. The largest absolute Gasteiger partial charge is 0.496 e. The lowest BCUT2D eigenvalue weighted by atomic mass is 10.2. The van der Waals surface area contributed by atoms with Crippen LogP contribution < -0.4 is 10.1 Å². The van der Waals surface area contributed by atoms with Gasteiger partial charge in [-0.05, 0) is 30.3 Å². The summed E-state index contributed by atoms with van der Waals surface area (Å²) in [6.45, 7) is -0.700. The Morgan fingerprint density at radius 3 is 2.64 bits per heavy atom. The number of halogens is 2. The number of anilines is 1. The molecular weight excluding hydrogens is 398 g/mol. The molecule has 148 valence electrons. The summed E-state index contributed by atoms with van der Waals surface area (Å²) in [4.78, 5) is 33.8. The van der Waals surface area contributed by atoms with E-state index in [2.05, 4.69) is 5.32 Å². The van der Waals surface area contributed by atoms with Crippen LogP contribution in [0.5, 0.6) is 5.75 Å². The number of hydrogen-bond donors (Lipinski definition) is 1. The van der Waals surface area contributed by atoms with Gasteiger partial charge in [-0.2, -0.15) is 0 Å². The van der Waals surface area contributed by atoms with E-state index in [1.54, 1.807) is 0 Å². The van der Waals surface area contributed by atoms with Crippen LogP contribution in [0.15, 0.2) is 41.3 Å². The lowest BCUT2D eigenvalue weighted by molar-refractivity contribution is -0.384. The first-order valence-corrected chi connectivity index (χ1v) is 8.64. The molecule has 0 saturated heterocycles. The van der Waals surface area contributed by atoms with E-state index >= 15 is 0 Å². The Labute approximate surface area is 162 Å². The van der Waals surface area contributed by atoms with Gasteiger partial charge in [0.15, 0.2) is 6.61 Å². The first kappa shape index (κ1) is 21.1. The summed E-state index contributed by atoms with van der Waals surface area (Å²) in [6.07, 6.45) is 0. The van der Waals surface area contributed by atoms with E-state index in [-0.39, 0.29) is 22.1 Å². The predicted molar refractivity (Wildman–Crippen MR) is 96.3 cm³/mol. The van der Waals surface area contributed by atoms with E-state index in [0.29, 0.717) is 11.8 Å². The fourth-order valence-corrected chi connectivity index (χ4v) is 2.75. The van der Waals surface area contributed by atoms with Gasteiger partial charge in [0.1, 0.15) is 23.1 Å². The highest BCUT2D eigenvalue weighted by Crippen LogP contribution is 2.29. The highest BCUT2D eigenvalue weighted by Gasteiger charge is 2.18. The molecule has 28 heavy (non-hydrogen) atoms. The molecule has 1 N–H and O–H groups in total. The van der Waals surface area contributed by atoms with E-state index < -0.39 is 40.7 Å². The number of esters is 1. The summed E-state index contributed by atoms with van der Waals surface area (Å²) < 4.78 is 36.1. The summed E-state index contributed by atoms with van der Waals surface area (Å²) in [6, 6.07) is 6.63. The van der Waals surface area contributed by atoms with Crippen LogP contribution in [0.25, 0.3) is 0 Å². The molecule has 8 nitrogen and oxygen atoms in total. The average Bonchev–Trinajstić information content (AvgIpc) is 2.67. The maximum atomic E-state index is 13.5. The number of carbonyl (C=O) groups excluding carboxylic acids is 2. The molecule has 0 fully saturated rings. The number of nitrogens with zero attached hydrogens (tertiary/aromatic N) is 1. The van der Waals surface area contributed by atoms with Crippen LogP contribution in [-0.4, -0.2) is 36.3 Å². The normalized spacial score (nSPS) is 10.2. The number of nitrogens with one attached hydrogen (secondary N) is 1. The summed E-state index contributed by atoms with van der Waals surface area (Å²) in [7, 11) is 1.34. The van der Waals surface area contributed by atoms with Crippen molar-refractivity contribution in [1.82, 2.24) is 0 Å². The number of nitro benzene ring substituents is 1. The van der Waals surface area contributed by atoms with Gasteiger partial charge in [0.25, 0.3) is 11.6 Å². The van der Waals surface area contributed by atoms with Crippen molar-refractivity contribution < 1.29 is 32.8 Å². The first-order chi connectivity index (χ1) is 13.3. The first-order valence-electron chi connectivity index (χ1n) is 7.66. The zero-order chi connectivity index (χ0) is 20.7. The van der Waals surface area contributed by atoms with Crippen molar-refractivity contribution >= 4 is 35.0 Å². The molecule has 2 aromatic carbocycles. The molecule has 0 aliphatic heterocycles. The molecule has 0 spiro atoms. The molecule has 0 bridgehead atoms. The third-order valence-electron chi connectivity index (χ3n) is 3.28. The lowest BCUT2D eigenvalue weighted by Gasteiger charge is -2.08. The minimum absolute atomic E-state index is 0.0738. The maximum absolute atomic E-state index is 13.5. The second-order valence-corrected chi connectivity index (χ2v) is 6.23. The molecule has 0 unspecified atom stereocenters. The highest BCUT2D eigenvalue weighted by atomic mass is 32.2. The standard InChI is InChI=1S/C17H14F2N2O6S/c1-26-11-3-5-13(14(7-11)21(24)25)20-16(22)8-27-17(23)9-28-15-6-10(18)2-4-12(15)19/h2-7H,8-9H2,1H3,(H,20,22). The zero-order valence-corrected chi connectivity index (χ0v) is 15.3. The maximum Gasteiger partial charge on any atom is 0.316 e. The predicted octanol–water partition coefficient (Wildman–Crippen LogP) is 3.16. The number of amides is 1. The van der Waals surface area contributed by atoms with Crippen molar-refractivity contribution in [2.75, 3.05) is 24.8 Å². The minimum Gasteiger partial charge on any atom is -0.496 e. The third-order valence-corrected chi connectivity index (χ3v) is 4.28. The molecule has 0 atom stereocenters. The van der Waals surface area contributed by atoms with E-state index in [0.717, 1.165) is 24.3 Å². The van der Waals surface area contributed by atoms with Gasteiger partial charge in [-0.1, -0.05) is 0 Å². The molecule has 11 heteroatoms. The summed E-state index contributed by atoms with van der Waals surface area (Å²) in [5.74, 6) is -3.10. The number of hydrogen-bond acceptors (Lipinski definition) is 7. The average molecular weight is 412 g/mol. The fourth-order valence-electron chi connectivity index (χ4n) is 1.99. The number of carbonyl (C=O) groups is 2. The number of rotatable bonds is 8. The van der Waals surface area contributed by atoms with Crippen molar-refractivity contribution in [3.8, 4) is 5.75 Å². The van der Waals surface area contributed by atoms with E-state index in [1.807, 2.05) is 0 Å². The van der Waals surface area contributed by atoms with Gasteiger partial charge >= 0.3 is 5.97 Å². The molecule has 0 heterocycles. The Morgan fingerprint density at radius 1 is 1.21 bits per heavy atom. The van der Waals surface area contributed by atoms with Crippen molar-refractivity contribution in [2.45, 2.75) is 4.90 Å². The zero-order valence-electron chi connectivity index (χ0n) is 14.4. The van der Waals surface area contributed by atoms with Crippen LogP contribution in [0, 0.1) is 21.7 Å². The van der Waals surface area contributed by atoms with Crippen LogP contribution in [0.4, 0.5) is 20.2 Å². The number of ether oxygens (including phenoxy) is 2. The van der Waals surface area contributed by atoms with Gasteiger partial charge in [-0.15, -0.1) is 11.8 Å². The van der Waals surface area contributed by atoms with Gasteiger partial charge < -0.3 is 14.8 Å². The lowest BCUT2D eigenvalue weighted by Crippen LogP contribution is -2.22. The number of methoxy groups -OCH3 is 1. The van der Waals surface area contributed by atoms with Crippen molar-refractivity contribution in [2.24, 2.45) is 0 Å². The quantitative estimate of drug-likeness (QED) is 0.307. The molecule has 2 rings (SSSR count). The van der Waals surface area contributed by atoms with Crippen LogP contribution in [0.3, 0.4) is 0 Å².